The largest absolute Gasteiger partial charge is 0.496 e. The predicted octanol–water partition coefficient (Wildman–Crippen LogP) is 0.700. The zero-order chi connectivity index (χ0) is 13.5. The minimum atomic E-state index is -0.577. The van der Waals surface area contributed by atoms with Crippen molar-refractivity contribution in [3.05, 3.63) is 35.9 Å². The molecule has 0 aliphatic carbocycles. The Balaban J connectivity index is 2.82. The molecule has 0 bridgehead atoms. The fourth-order valence-electron chi connectivity index (χ4n) is 1.47. The van der Waals surface area contributed by atoms with E-state index in [1.165, 1.54) is 6.08 Å². The number of primary amides is 1. The average Bonchev–Trinajstić information content (AvgIpc) is 2.36. The molecule has 5 nitrogen and oxygen atoms in total. The molecule has 0 aliphatic heterocycles. The van der Waals surface area contributed by atoms with Gasteiger partial charge in [0.25, 0.3) is 0 Å². The molecule has 0 aliphatic rings. The molecule has 0 unspecified atom stereocenters. The van der Waals surface area contributed by atoms with Gasteiger partial charge >= 0.3 is 0 Å². The van der Waals surface area contributed by atoms with Gasteiger partial charge in [0.2, 0.25) is 11.8 Å². The summed E-state index contributed by atoms with van der Waals surface area (Å²) in [5.41, 5.74) is 6.51. The Kier molecular flexibility index (Phi) is 4.92. The first kappa shape index (κ1) is 13.8. The quantitative estimate of drug-likeness (QED) is 0.752. The number of carbonyl (C=O) groups is 2. The number of nitrogens with one attached hydrogen (secondary N) is 1. The van der Waals surface area contributed by atoms with Crippen LogP contribution in [0.3, 0.4) is 0 Å². The fraction of sp³-hybridized carbons (Fsp3) is 0.231. The standard InChI is InChI=1S/C13H16N2O3/c1-9(7-13(17)15-8-12(14)16)10-5-3-4-6-11(10)18-2/h3-7H,8H2,1-2H3,(H2,14,16)(H,15,17)/b9-7-. The molecule has 18 heavy (non-hydrogen) atoms. The molecule has 0 spiro atoms. The Hall–Kier alpha value is -2.30. The molecule has 0 atom stereocenters. The van der Waals surface area contributed by atoms with Gasteiger partial charge in [0.05, 0.1) is 13.7 Å². The van der Waals surface area contributed by atoms with Crippen molar-refractivity contribution in [1.29, 1.82) is 0 Å². The average molecular weight is 248 g/mol. The third-order valence-corrected chi connectivity index (χ3v) is 2.32. The van der Waals surface area contributed by atoms with E-state index >= 15 is 0 Å². The fourth-order valence-corrected chi connectivity index (χ4v) is 1.47. The van der Waals surface area contributed by atoms with Crippen LogP contribution in [0, 0.1) is 0 Å². The lowest BCUT2D eigenvalue weighted by Gasteiger charge is -2.08. The smallest absolute Gasteiger partial charge is 0.244 e. The second-order valence-electron chi connectivity index (χ2n) is 3.71. The highest BCUT2D eigenvalue weighted by Gasteiger charge is 2.06. The van der Waals surface area contributed by atoms with Crippen LogP contribution in [-0.4, -0.2) is 25.5 Å². The van der Waals surface area contributed by atoms with Crippen molar-refractivity contribution in [1.82, 2.24) is 5.32 Å². The van der Waals surface area contributed by atoms with Crippen molar-refractivity contribution >= 4 is 17.4 Å². The van der Waals surface area contributed by atoms with Crippen LogP contribution in [0.25, 0.3) is 5.57 Å². The molecule has 1 rings (SSSR count). The van der Waals surface area contributed by atoms with Crippen molar-refractivity contribution in [2.75, 3.05) is 13.7 Å². The first-order valence-electron chi connectivity index (χ1n) is 5.42. The number of hydrogen-bond donors (Lipinski definition) is 2. The Labute approximate surface area is 106 Å². The van der Waals surface area contributed by atoms with Crippen molar-refractivity contribution in [2.45, 2.75) is 6.92 Å². The number of benzene rings is 1. The number of para-hydroxylation sites is 1. The van der Waals surface area contributed by atoms with Gasteiger partial charge in [-0.05, 0) is 18.6 Å². The van der Waals surface area contributed by atoms with E-state index in [1.54, 1.807) is 14.0 Å². The summed E-state index contributed by atoms with van der Waals surface area (Å²) in [5.74, 6) is -0.252. The zero-order valence-electron chi connectivity index (χ0n) is 10.4. The summed E-state index contributed by atoms with van der Waals surface area (Å²) in [6, 6.07) is 7.37. The first-order valence-corrected chi connectivity index (χ1v) is 5.42. The van der Waals surface area contributed by atoms with E-state index < -0.39 is 5.91 Å². The van der Waals surface area contributed by atoms with Crippen LogP contribution in [0.5, 0.6) is 5.75 Å². The summed E-state index contributed by atoms with van der Waals surface area (Å²) >= 11 is 0. The highest BCUT2D eigenvalue weighted by molar-refractivity contribution is 5.97. The van der Waals surface area contributed by atoms with Crippen LogP contribution in [0.4, 0.5) is 0 Å². The molecule has 0 radical (unpaired) electrons. The van der Waals surface area contributed by atoms with Gasteiger partial charge < -0.3 is 15.8 Å². The normalized spacial score (nSPS) is 10.9. The van der Waals surface area contributed by atoms with Gasteiger partial charge in [-0.1, -0.05) is 18.2 Å². The maximum absolute atomic E-state index is 11.5. The predicted molar refractivity (Wildman–Crippen MR) is 68.8 cm³/mol. The molecule has 1 aromatic rings. The highest BCUT2D eigenvalue weighted by atomic mass is 16.5. The van der Waals surface area contributed by atoms with E-state index in [4.69, 9.17) is 10.5 Å². The lowest BCUT2D eigenvalue weighted by Crippen LogP contribution is -2.32. The van der Waals surface area contributed by atoms with Crippen molar-refractivity contribution in [2.24, 2.45) is 5.73 Å². The highest BCUT2D eigenvalue weighted by Crippen LogP contribution is 2.24. The number of rotatable bonds is 5. The van der Waals surface area contributed by atoms with Gasteiger partial charge in [-0.25, -0.2) is 0 Å². The molecule has 0 saturated heterocycles. The number of ether oxygens (including phenoxy) is 1. The monoisotopic (exact) mass is 248 g/mol. The number of methoxy groups -OCH3 is 1. The lowest BCUT2D eigenvalue weighted by atomic mass is 10.1. The number of allylic oxidation sites excluding steroid dienone is 1. The molecule has 5 heteroatoms. The van der Waals surface area contributed by atoms with Crippen molar-refractivity contribution in [3.8, 4) is 5.75 Å². The number of nitrogens with two attached hydrogens (primary N) is 1. The minimum absolute atomic E-state index is 0.172. The first-order chi connectivity index (χ1) is 8.54. The molecule has 0 saturated carbocycles. The Morgan fingerprint density at radius 1 is 1.39 bits per heavy atom. The Morgan fingerprint density at radius 2 is 2.06 bits per heavy atom. The lowest BCUT2D eigenvalue weighted by molar-refractivity contribution is -0.122. The molecule has 2 amide bonds. The second kappa shape index (κ2) is 6.44. The third kappa shape index (κ3) is 3.93. The van der Waals surface area contributed by atoms with Crippen LogP contribution < -0.4 is 15.8 Å². The zero-order valence-corrected chi connectivity index (χ0v) is 10.4. The minimum Gasteiger partial charge on any atom is -0.496 e. The van der Waals surface area contributed by atoms with Crippen molar-refractivity contribution < 1.29 is 14.3 Å². The van der Waals surface area contributed by atoms with E-state index in [2.05, 4.69) is 5.32 Å². The summed E-state index contributed by atoms with van der Waals surface area (Å²) in [6.45, 7) is 1.62. The van der Waals surface area contributed by atoms with Gasteiger partial charge in [-0.15, -0.1) is 0 Å². The van der Waals surface area contributed by atoms with E-state index in [9.17, 15) is 9.59 Å². The molecule has 0 fully saturated rings. The molecule has 3 N–H and O–H groups in total. The maximum Gasteiger partial charge on any atom is 0.244 e. The molecular weight excluding hydrogens is 232 g/mol. The molecule has 1 aromatic carbocycles. The van der Waals surface area contributed by atoms with Gasteiger partial charge in [-0.2, -0.15) is 0 Å². The van der Waals surface area contributed by atoms with Gasteiger partial charge in [0.1, 0.15) is 5.75 Å². The summed E-state index contributed by atoms with van der Waals surface area (Å²) < 4.78 is 5.20. The topological polar surface area (TPSA) is 81.4 Å². The van der Waals surface area contributed by atoms with Gasteiger partial charge in [0, 0.05) is 11.6 Å². The maximum atomic E-state index is 11.5. The molecule has 0 heterocycles. The third-order valence-electron chi connectivity index (χ3n) is 2.32. The van der Waals surface area contributed by atoms with Gasteiger partial charge in [0.15, 0.2) is 0 Å². The molecular formula is C13H16N2O3. The Morgan fingerprint density at radius 3 is 2.67 bits per heavy atom. The second-order valence-corrected chi connectivity index (χ2v) is 3.71. The van der Waals surface area contributed by atoms with Crippen LogP contribution in [0.1, 0.15) is 12.5 Å². The summed E-state index contributed by atoms with van der Waals surface area (Å²) in [5, 5.41) is 2.39. The van der Waals surface area contributed by atoms with Crippen LogP contribution in [0.15, 0.2) is 30.3 Å². The number of hydrogen-bond acceptors (Lipinski definition) is 3. The van der Waals surface area contributed by atoms with Crippen molar-refractivity contribution in [3.63, 3.8) is 0 Å². The Bertz CT molecular complexity index is 481. The van der Waals surface area contributed by atoms with E-state index in [-0.39, 0.29) is 12.5 Å². The summed E-state index contributed by atoms with van der Waals surface area (Å²) in [7, 11) is 1.57. The summed E-state index contributed by atoms with van der Waals surface area (Å²) in [4.78, 5) is 22.0. The van der Waals surface area contributed by atoms with E-state index in [0.717, 1.165) is 11.1 Å². The van der Waals surface area contributed by atoms with Crippen LogP contribution in [-0.2, 0) is 9.59 Å². The molecule has 0 aromatic heterocycles. The van der Waals surface area contributed by atoms with Crippen LogP contribution >= 0.6 is 0 Å². The van der Waals surface area contributed by atoms with Crippen LogP contribution in [0.2, 0.25) is 0 Å². The SMILES string of the molecule is COc1ccccc1/C(C)=C\C(=O)NCC(N)=O. The number of amides is 2. The summed E-state index contributed by atoms with van der Waals surface area (Å²) in [6.07, 6.45) is 1.40. The molecule has 96 valence electrons. The van der Waals surface area contributed by atoms with Gasteiger partial charge in [-0.3, -0.25) is 9.59 Å². The van der Waals surface area contributed by atoms with E-state index in [0.29, 0.717) is 5.75 Å². The number of carbonyl (C=O) groups excluding carboxylic acids is 2. The van der Waals surface area contributed by atoms with E-state index in [1.807, 2.05) is 24.3 Å².